The van der Waals surface area contributed by atoms with E-state index in [9.17, 15) is 4.79 Å². The molecular weight excluding hydrogens is 272 g/mol. The molecule has 0 radical (unpaired) electrons. The number of esters is 1. The van der Waals surface area contributed by atoms with Crippen LogP contribution in [0.1, 0.15) is 9.67 Å². The zero-order valence-electron chi connectivity index (χ0n) is 10.8. The number of nitrogen functional groups attached to an aromatic ring is 1. The minimum absolute atomic E-state index is 0.397. The molecule has 0 unspecified atom stereocenters. The Morgan fingerprint density at radius 3 is 2.85 bits per heavy atom. The van der Waals surface area contributed by atoms with Gasteiger partial charge in [0.05, 0.1) is 12.8 Å². The molecule has 0 fully saturated rings. The van der Waals surface area contributed by atoms with Crippen molar-refractivity contribution in [3.8, 4) is 11.1 Å². The lowest BCUT2D eigenvalue weighted by Gasteiger charge is -2.00. The van der Waals surface area contributed by atoms with E-state index in [-0.39, 0.29) is 0 Å². The summed E-state index contributed by atoms with van der Waals surface area (Å²) in [7, 11) is 1.35. The molecule has 2 N–H and O–H groups in total. The molecule has 0 aliphatic heterocycles. The van der Waals surface area contributed by atoms with Crippen LogP contribution in [0.2, 0.25) is 0 Å². The van der Waals surface area contributed by atoms with Crippen LogP contribution in [0, 0.1) is 0 Å². The number of nitrogens with zero attached hydrogens (tertiary/aromatic N) is 1. The van der Waals surface area contributed by atoms with Crippen molar-refractivity contribution < 1.29 is 9.53 Å². The van der Waals surface area contributed by atoms with Crippen LogP contribution in [-0.2, 0) is 4.74 Å². The number of ether oxygens (including phenoxy) is 1. The number of hydrogen-bond acceptors (Lipinski definition) is 5. The van der Waals surface area contributed by atoms with Gasteiger partial charge in [-0.1, -0.05) is 18.2 Å². The number of benzene rings is 1. The molecule has 5 heteroatoms. The molecule has 2 heterocycles. The van der Waals surface area contributed by atoms with Crippen LogP contribution in [0.5, 0.6) is 0 Å². The average Bonchev–Trinajstić information content (AvgIpc) is 2.84. The van der Waals surface area contributed by atoms with Gasteiger partial charge in [0.15, 0.2) is 0 Å². The Bertz CT molecular complexity index is 781. The number of pyridine rings is 1. The lowest BCUT2D eigenvalue weighted by Crippen LogP contribution is -2.01. The summed E-state index contributed by atoms with van der Waals surface area (Å²) in [5.74, 6) is -0.397. The molecule has 0 atom stereocenters. The highest BCUT2D eigenvalue weighted by atomic mass is 32.1. The van der Waals surface area contributed by atoms with Gasteiger partial charge in [-0.05, 0) is 17.7 Å². The van der Waals surface area contributed by atoms with Crippen molar-refractivity contribution in [1.82, 2.24) is 4.98 Å². The first-order valence-corrected chi connectivity index (χ1v) is 6.83. The van der Waals surface area contributed by atoms with Crippen molar-refractivity contribution in [1.29, 1.82) is 0 Å². The summed E-state index contributed by atoms with van der Waals surface area (Å²) in [4.78, 5) is 16.2. The zero-order chi connectivity index (χ0) is 14.1. The Hall–Kier alpha value is -2.40. The number of rotatable bonds is 2. The standard InChI is InChI=1S/C15H12N2O2S/c1-19-15(18)14-13(16)11-5-4-9(7-12(11)20-14)10-3-2-6-17-8-10/h2-8H,16H2,1H3. The fourth-order valence-corrected chi connectivity index (χ4v) is 3.15. The van der Waals surface area contributed by atoms with Gasteiger partial charge in [0.2, 0.25) is 0 Å². The Balaban J connectivity index is 2.15. The van der Waals surface area contributed by atoms with Crippen molar-refractivity contribution in [2.24, 2.45) is 0 Å². The van der Waals surface area contributed by atoms with Gasteiger partial charge in [-0.2, -0.15) is 0 Å². The number of anilines is 1. The van der Waals surface area contributed by atoms with Gasteiger partial charge in [-0.3, -0.25) is 4.98 Å². The maximum Gasteiger partial charge on any atom is 0.350 e. The van der Waals surface area contributed by atoms with Gasteiger partial charge >= 0.3 is 5.97 Å². The highest BCUT2D eigenvalue weighted by Gasteiger charge is 2.17. The first kappa shape index (κ1) is 12.6. The fraction of sp³-hybridized carbons (Fsp3) is 0.0667. The fourth-order valence-electron chi connectivity index (χ4n) is 2.07. The third-order valence-corrected chi connectivity index (χ3v) is 4.24. The smallest absolute Gasteiger partial charge is 0.350 e. The van der Waals surface area contributed by atoms with Crippen molar-refractivity contribution in [2.45, 2.75) is 0 Å². The summed E-state index contributed by atoms with van der Waals surface area (Å²) in [6, 6.07) is 9.80. The molecule has 3 rings (SSSR count). The van der Waals surface area contributed by atoms with E-state index in [1.165, 1.54) is 18.4 Å². The Labute approximate surface area is 119 Å². The molecule has 0 saturated carbocycles. The third-order valence-electron chi connectivity index (χ3n) is 3.09. The van der Waals surface area contributed by atoms with Gasteiger partial charge in [0, 0.05) is 28.0 Å². The molecule has 1 aromatic carbocycles. The van der Waals surface area contributed by atoms with E-state index in [0.29, 0.717) is 10.6 Å². The molecule has 100 valence electrons. The van der Waals surface area contributed by atoms with Crippen molar-refractivity contribution in [2.75, 3.05) is 12.8 Å². The molecule has 4 nitrogen and oxygen atoms in total. The number of carbonyl (C=O) groups is 1. The van der Waals surface area contributed by atoms with E-state index in [1.54, 1.807) is 12.4 Å². The van der Waals surface area contributed by atoms with E-state index < -0.39 is 5.97 Å². The summed E-state index contributed by atoms with van der Waals surface area (Å²) in [5, 5.41) is 0.878. The molecule has 0 spiro atoms. The number of fused-ring (bicyclic) bond motifs is 1. The lowest BCUT2D eigenvalue weighted by molar-refractivity contribution is 0.0607. The van der Waals surface area contributed by atoms with Gasteiger partial charge in [0.1, 0.15) is 4.88 Å². The van der Waals surface area contributed by atoms with Gasteiger partial charge in [-0.15, -0.1) is 11.3 Å². The van der Waals surface area contributed by atoms with Crippen molar-refractivity contribution >= 4 is 33.1 Å². The molecule has 0 bridgehead atoms. The molecule has 3 aromatic rings. The van der Waals surface area contributed by atoms with Gasteiger partial charge in [-0.25, -0.2) is 4.79 Å². The summed E-state index contributed by atoms with van der Waals surface area (Å²) >= 11 is 1.35. The number of carbonyl (C=O) groups excluding carboxylic acids is 1. The summed E-state index contributed by atoms with van der Waals surface area (Å²) < 4.78 is 5.71. The lowest BCUT2D eigenvalue weighted by atomic mass is 10.1. The monoisotopic (exact) mass is 284 g/mol. The second-order valence-electron chi connectivity index (χ2n) is 4.29. The predicted octanol–water partition coefficient (Wildman–Crippen LogP) is 3.33. The van der Waals surface area contributed by atoms with E-state index in [2.05, 4.69) is 4.98 Å². The summed E-state index contributed by atoms with van der Waals surface area (Å²) in [6.07, 6.45) is 3.54. The Kier molecular flexibility index (Phi) is 3.12. The largest absolute Gasteiger partial charge is 0.465 e. The Morgan fingerprint density at radius 2 is 2.15 bits per heavy atom. The number of methoxy groups -OCH3 is 1. The SMILES string of the molecule is COC(=O)c1sc2cc(-c3cccnc3)ccc2c1N. The minimum Gasteiger partial charge on any atom is -0.465 e. The number of nitrogens with two attached hydrogens (primary N) is 1. The maximum atomic E-state index is 11.7. The molecule has 20 heavy (non-hydrogen) atoms. The number of thiophene rings is 1. The van der Waals surface area contributed by atoms with Crippen LogP contribution < -0.4 is 5.73 Å². The predicted molar refractivity (Wildman–Crippen MR) is 80.8 cm³/mol. The minimum atomic E-state index is -0.397. The van der Waals surface area contributed by atoms with Crippen molar-refractivity contribution in [3.05, 3.63) is 47.6 Å². The molecular formula is C15H12N2O2S. The zero-order valence-corrected chi connectivity index (χ0v) is 11.6. The topological polar surface area (TPSA) is 65.2 Å². The van der Waals surface area contributed by atoms with Gasteiger partial charge < -0.3 is 10.5 Å². The highest BCUT2D eigenvalue weighted by Crippen LogP contribution is 2.36. The van der Waals surface area contributed by atoms with Crippen LogP contribution in [0.15, 0.2) is 42.7 Å². The van der Waals surface area contributed by atoms with E-state index in [4.69, 9.17) is 10.5 Å². The van der Waals surface area contributed by atoms with Crippen LogP contribution in [0.25, 0.3) is 21.2 Å². The maximum absolute atomic E-state index is 11.7. The second kappa shape index (κ2) is 4.94. The third kappa shape index (κ3) is 2.02. The number of aromatic nitrogens is 1. The first-order chi connectivity index (χ1) is 9.70. The normalized spacial score (nSPS) is 10.7. The first-order valence-electron chi connectivity index (χ1n) is 6.01. The molecule has 2 aromatic heterocycles. The summed E-state index contributed by atoms with van der Waals surface area (Å²) in [6.45, 7) is 0. The van der Waals surface area contributed by atoms with Crippen LogP contribution >= 0.6 is 11.3 Å². The van der Waals surface area contributed by atoms with E-state index in [0.717, 1.165) is 21.2 Å². The van der Waals surface area contributed by atoms with Crippen LogP contribution in [0.3, 0.4) is 0 Å². The van der Waals surface area contributed by atoms with Crippen molar-refractivity contribution in [3.63, 3.8) is 0 Å². The van der Waals surface area contributed by atoms with E-state index >= 15 is 0 Å². The average molecular weight is 284 g/mol. The van der Waals surface area contributed by atoms with Gasteiger partial charge in [0.25, 0.3) is 0 Å². The van der Waals surface area contributed by atoms with Crippen LogP contribution in [0.4, 0.5) is 5.69 Å². The quantitative estimate of drug-likeness (QED) is 0.733. The molecule has 0 aliphatic carbocycles. The molecule has 0 amide bonds. The van der Waals surface area contributed by atoms with Crippen LogP contribution in [-0.4, -0.2) is 18.1 Å². The second-order valence-corrected chi connectivity index (χ2v) is 5.34. The molecule has 0 aliphatic rings. The van der Waals surface area contributed by atoms with E-state index in [1.807, 2.05) is 30.3 Å². The highest BCUT2D eigenvalue weighted by molar-refractivity contribution is 7.21. The molecule has 0 saturated heterocycles. The summed E-state index contributed by atoms with van der Waals surface area (Å²) in [5.41, 5.74) is 8.56. The number of hydrogen-bond donors (Lipinski definition) is 1. The Morgan fingerprint density at radius 1 is 1.30 bits per heavy atom.